The van der Waals surface area contributed by atoms with Crippen LogP contribution in [0.5, 0.6) is 0 Å². The van der Waals surface area contributed by atoms with Crippen molar-refractivity contribution in [2.45, 2.75) is 5.92 Å². The summed E-state index contributed by atoms with van der Waals surface area (Å²) in [4.78, 5) is 21.4. The smallest absolute Gasteiger partial charge is 0.241 e. The molecular weight excluding hydrogens is 216 g/mol. The summed E-state index contributed by atoms with van der Waals surface area (Å²) in [6.07, 6.45) is 5.78. The minimum atomic E-state index is -0.529. The molecule has 0 aliphatic rings. The Kier molecular flexibility index (Phi) is 4.69. The molecule has 88 valence electrons. The van der Waals surface area contributed by atoms with Crippen LogP contribution in [0.3, 0.4) is 0 Å². The number of hydrogen-bond donors (Lipinski definition) is 2. The first-order valence-electron chi connectivity index (χ1n) is 5.10. The van der Waals surface area contributed by atoms with E-state index in [1.807, 2.05) is 30.3 Å². The first-order chi connectivity index (χ1) is 8.09. The van der Waals surface area contributed by atoms with Crippen LogP contribution in [0, 0.1) is 0 Å². The van der Waals surface area contributed by atoms with Gasteiger partial charge in [0.2, 0.25) is 11.8 Å². The Morgan fingerprint density at radius 3 is 1.82 bits per heavy atom. The average molecular weight is 230 g/mol. The lowest BCUT2D eigenvalue weighted by Gasteiger charge is -2.07. The van der Waals surface area contributed by atoms with Crippen LogP contribution in [0.2, 0.25) is 0 Å². The van der Waals surface area contributed by atoms with Gasteiger partial charge in [0.1, 0.15) is 0 Å². The summed E-state index contributed by atoms with van der Waals surface area (Å²) >= 11 is 0. The monoisotopic (exact) mass is 230 g/mol. The third-order valence-corrected chi connectivity index (χ3v) is 2.12. The van der Waals surface area contributed by atoms with Gasteiger partial charge in [-0.05, 0) is 17.7 Å². The number of carbonyl (C=O) groups is 2. The van der Waals surface area contributed by atoms with Crippen LogP contribution < -0.4 is 11.5 Å². The highest BCUT2D eigenvalue weighted by Crippen LogP contribution is 2.18. The fourth-order valence-electron chi connectivity index (χ4n) is 1.36. The van der Waals surface area contributed by atoms with Crippen LogP contribution in [0.4, 0.5) is 0 Å². The SMILES string of the molecule is NC(=O)/C=C/C(/C=C/C(N)=O)c1ccccc1. The zero-order chi connectivity index (χ0) is 12.7. The van der Waals surface area contributed by atoms with Crippen molar-refractivity contribution in [2.24, 2.45) is 11.5 Å². The molecule has 0 unspecified atom stereocenters. The molecule has 1 rings (SSSR count). The van der Waals surface area contributed by atoms with Crippen LogP contribution in [-0.4, -0.2) is 11.8 Å². The van der Waals surface area contributed by atoms with Gasteiger partial charge in [0.25, 0.3) is 0 Å². The Labute approximate surface area is 99.6 Å². The molecule has 4 nitrogen and oxygen atoms in total. The maximum atomic E-state index is 10.7. The predicted octanol–water partition coefficient (Wildman–Crippen LogP) is 0.853. The van der Waals surface area contributed by atoms with Crippen LogP contribution >= 0.6 is 0 Å². The Bertz CT molecular complexity index is 426. The molecule has 0 fully saturated rings. The lowest BCUT2D eigenvalue weighted by molar-refractivity contribution is -0.114. The van der Waals surface area contributed by atoms with Gasteiger partial charge >= 0.3 is 0 Å². The number of allylic oxidation sites excluding steroid dienone is 2. The molecule has 0 spiro atoms. The molecule has 17 heavy (non-hydrogen) atoms. The van der Waals surface area contributed by atoms with Crippen molar-refractivity contribution in [1.29, 1.82) is 0 Å². The maximum Gasteiger partial charge on any atom is 0.241 e. The summed E-state index contributed by atoms with van der Waals surface area (Å²) in [5, 5.41) is 0. The molecule has 4 N–H and O–H groups in total. The van der Waals surface area contributed by atoms with Gasteiger partial charge in [0, 0.05) is 5.92 Å². The van der Waals surface area contributed by atoms with E-state index >= 15 is 0 Å². The molecular formula is C13H14N2O2. The van der Waals surface area contributed by atoms with Gasteiger partial charge in [-0.1, -0.05) is 42.5 Å². The van der Waals surface area contributed by atoms with Gasteiger partial charge in [-0.3, -0.25) is 9.59 Å². The zero-order valence-electron chi connectivity index (χ0n) is 9.24. The standard InChI is InChI=1S/C13H14N2O2/c14-12(16)8-6-11(7-9-13(15)17)10-4-2-1-3-5-10/h1-9,11H,(H2,14,16)(H2,15,17)/b8-6+,9-7+. The molecule has 0 aromatic heterocycles. The van der Waals surface area contributed by atoms with Crippen LogP contribution in [0.15, 0.2) is 54.6 Å². The van der Waals surface area contributed by atoms with E-state index in [-0.39, 0.29) is 5.92 Å². The number of amides is 2. The fourth-order valence-corrected chi connectivity index (χ4v) is 1.36. The number of rotatable bonds is 5. The van der Waals surface area contributed by atoms with Gasteiger partial charge in [-0.25, -0.2) is 0 Å². The number of nitrogens with two attached hydrogens (primary N) is 2. The van der Waals surface area contributed by atoms with E-state index < -0.39 is 11.8 Å². The summed E-state index contributed by atoms with van der Waals surface area (Å²) in [6.45, 7) is 0. The lowest BCUT2D eigenvalue weighted by atomic mass is 9.98. The van der Waals surface area contributed by atoms with E-state index in [1.54, 1.807) is 12.2 Å². The van der Waals surface area contributed by atoms with Crippen molar-refractivity contribution in [3.63, 3.8) is 0 Å². The Hall–Kier alpha value is -2.36. The van der Waals surface area contributed by atoms with Crippen molar-refractivity contribution < 1.29 is 9.59 Å². The largest absolute Gasteiger partial charge is 0.366 e. The second-order valence-corrected chi connectivity index (χ2v) is 3.46. The summed E-state index contributed by atoms with van der Waals surface area (Å²) in [7, 11) is 0. The minimum absolute atomic E-state index is 0.198. The van der Waals surface area contributed by atoms with E-state index in [1.165, 1.54) is 12.2 Å². The molecule has 0 aliphatic heterocycles. The van der Waals surface area contributed by atoms with Gasteiger partial charge in [0.05, 0.1) is 0 Å². The second kappa shape index (κ2) is 6.27. The topological polar surface area (TPSA) is 86.2 Å². The highest BCUT2D eigenvalue weighted by molar-refractivity contribution is 5.87. The average Bonchev–Trinajstić information content (AvgIpc) is 2.29. The minimum Gasteiger partial charge on any atom is -0.366 e. The molecule has 0 heterocycles. The normalized spacial score (nSPS) is 11.4. The van der Waals surface area contributed by atoms with Crippen molar-refractivity contribution in [2.75, 3.05) is 0 Å². The third kappa shape index (κ3) is 4.79. The Morgan fingerprint density at radius 2 is 1.41 bits per heavy atom. The third-order valence-electron chi connectivity index (χ3n) is 2.12. The molecule has 0 saturated heterocycles. The van der Waals surface area contributed by atoms with Crippen molar-refractivity contribution in [3.05, 3.63) is 60.2 Å². The molecule has 0 aliphatic carbocycles. The van der Waals surface area contributed by atoms with Gasteiger partial charge in [0.15, 0.2) is 0 Å². The summed E-state index contributed by atoms with van der Waals surface area (Å²) in [5.41, 5.74) is 11.0. The number of primary amides is 2. The predicted molar refractivity (Wildman–Crippen MR) is 65.9 cm³/mol. The van der Waals surface area contributed by atoms with E-state index in [0.29, 0.717) is 0 Å². The number of carbonyl (C=O) groups excluding carboxylic acids is 2. The van der Waals surface area contributed by atoms with Gasteiger partial charge in [-0.2, -0.15) is 0 Å². The molecule has 0 bridgehead atoms. The highest BCUT2D eigenvalue weighted by atomic mass is 16.1. The molecule has 0 radical (unpaired) electrons. The van der Waals surface area contributed by atoms with E-state index in [0.717, 1.165) is 5.56 Å². The molecule has 1 aromatic carbocycles. The fraction of sp³-hybridized carbons (Fsp3) is 0.0769. The number of benzene rings is 1. The van der Waals surface area contributed by atoms with Crippen molar-refractivity contribution >= 4 is 11.8 Å². The Morgan fingerprint density at radius 1 is 0.941 bits per heavy atom. The quantitative estimate of drug-likeness (QED) is 0.735. The van der Waals surface area contributed by atoms with Crippen LogP contribution in [-0.2, 0) is 9.59 Å². The molecule has 2 amide bonds. The van der Waals surface area contributed by atoms with E-state index in [4.69, 9.17) is 11.5 Å². The van der Waals surface area contributed by atoms with Crippen LogP contribution in [0.25, 0.3) is 0 Å². The summed E-state index contributed by atoms with van der Waals surface area (Å²) < 4.78 is 0. The molecule has 1 aromatic rings. The first-order valence-corrected chi connectivity index (χ1v) is 5.10. The van der Waals surface area contributed by atoms with E-state index in [2.05, 4.69) is 0 Å². The highest BCUT2D eigenvalue weighted by Gasteiger charge is 2.04. The molecule has 0 saturated carbocycles. The Balaban J connectivity index is 2.94. The van der Waals surface area contributed by atoms with Gasteiger partial charge in [-0.15, -0.1) is 0 Å². The molecule has 0 atom stereocenters. The first kappa shape index (κ1) is 12.7. The summed E-state index contributed by atoms with van der Waals surface area (Å²) in [6, 6.07) is 9.41. The van der Waals surface area contributed by atoms with Crippen molar-refractivity contribution in [3.8, 4) is 0 Å². The van der Waals surface area contributed by atoms with E-state index in [9.17, 15) is 9.59 Å². The van der Waals surface area contributed by atoms with Gasteiger partial charge < -0.3 is 11.5 Å². The summed E-state index contributed by atoms with van der Waals surface area (Å²) in [5.74, 6) is -1.26. The zero-order valence-corrected chi connectivity index (χ0v) is 9.24. The second-order valence-electron chi connectivity index (χ2n) is 3.46. The van der Waals surface area contributed by atoms with Crippen LogP contribution in [0.1, 0.15) is 11.5 Å². The maximum absolute atomic E-state index is 10.7. The molecule has 4 heteroatoms. The van der Waals surface area contributed by atoms with Crippen molar-refractivity contribution in [1.82, 2.24) is 0 Å². The number of hydrogen-bond acceptors (Lipinski definition) is 2. The lowest BCUT2D eigenvalue weighted by Crippen LogP contribution is -2.08.